The first-order valence-electron chi connectivity index (χ1n) is 9.28. The molecule has 0 aromatic carbocycles. The Morgan fingerprint density at radius 1 is 1.23 bits per heavy atom. The zero-order valence-electron chi connectivity index (χ0n) is 16.0. The first-order chi connectivity index (χ1) is 12.1. The lowest BCUT2D eigenvalue weighted by Gasteiger charge is -2.40. The van der Waals surface area contributed by atoms with Gasteiger partial charge < -0.3 is 29.9 Å². The largest absolute Gasteiger partial charge is 0.394 e. The molecule has 26 heavy (non-hydrogen) atoms. The van der Waals surface area contributed by atoms with E-state index in [-0.39, 0.29) is 17.3 Å². The monoisotopic (exact) mass is 372 g/mol. The second kappa shape index (κ2) is 8.46. The van der Waals surface area contributed by atoms with Crippen LogP contribution in [0, 0.1) is 5.41 Å². The summed E-state index contributed by atoms with van der Waals surface area (Å²) in [6.45, 7) is 7.50. The first kappa shape index (κ1) is 21.5. The lowest BCUT2D eigenvalue weighted by atomic mass is 9.70. The standard InChI is InChI=1S/C19H32O7/c1-10(5-6-12-11(2)13(21)7-8-19(12,3)4)25-18-17(24)16(23)15(22)14(9-20)26-18/h10,14-18,20,22-24H,5-9H2,1-4H3/t10?,14-,15-,16+,17-,18-/m1/s1. The summed E-state index contributed by atoms with van der Waals surface area (Å²) in [4.78, 5) is 12.0. The fourth-order valence-electron chi connectivity index (χ4n) is 3.79. The Bertz CT molecular complexity index is 540. The molecule has 0 aromatic heterocycles. The van der Waals surface area contributed by atoms with Gasteiger partial charge >= 0.3 is 0 Å². The molecule has 1 saturated heterocycles. The van der Waals surface area contributed by atoms with Gasteiger partial charge in [0.2, 0.25) is 0 Å². The number of Topliss-reactive ketones (excluding diaryl/α,β-unsaturated/α-hetero) is 1. The van der Waals surface area contributed by atoms with E-state index in [0.29, 0.717) is 19.3 Å². The third-order valence-corrected chi connectivity index (χ3v) is 5.68. The van der Waals surface area contributed by atoms with Crippen LogP contribution in [0.25, 0.3) is 0 Å². The fraction of sp³-hybridized carbons (Fsp3) is 0.842. The van der Waals surface area contributed by atoms with Gasteiger partial charge in [0, 0.05) is 6.42 Å². The predicted molar refractivity (Wildman–Crippen MR) is 94.3 cm³/mol. The van der Waals surface area contributed by atoms with E-state index in [9.17, 15) is 25.2 Å². The lowest BCUT2D eigenvalue weighted by molar-refractivity contribution is -0.310. The summed E-state index contributed by atoms with van der Waals surface area (Å²) in [5, 5.41) is 38.9. The smallest absolute Gasteiger partial charge is 0.186 e. The SMILES string of the molecule is CC1=C(CCC(C)O[C@@H]2O[C@H](CO)[C@@H](O)[C@H](O)[C@H]2O)C(C)(C)CCC1=O. The summed E-state index contributed by atoms with van der Waals surface area (Å²) in [5.74, 6) is 0.196. The van der Waals surface area contributed by atoms with Gasteiger partial charge in [-0.2, -0.15) is 0 Å². The highest BCUT2D eigenvalue weighted by Gasteiger charge is 2.44. The number of aliphatic hydroxyl groups excluding tert-OH is 4. The topological polar surface area (TPSA) is 116 Å². The Labute approximate surface area is 154 Å². The zero-order chi connectivity index (χ0) is 19.6. The van der Waals surface area contributed by atoms with Crippen molar-refractivity contribution < 1.29 is 34.7 Å². The maximum atomic E-state index is 12.0. The van der Waals surface area contributed by atoms with Crippen molar-refractivity contribution in [3.05, 3.63) is 11.1 Å². The van der Waals surface area contributed by atoms with Crippen LogP contribution in [-0.2, 0) is 14.3 Å². The molecule has 7 heteroatoms. The number of carbonyl (C=O) groups is 1. The molecule has 150 valence electrons. The molecule has 0 saturated carbocycles. The molecule has 0 amide bonds. The number of rotatable bonds is 6. The summed E-state index contributed by atoms with van der Waals surface area (Å²) < 4.78 is 11.1. The van der Waals surface area contributed by atoms with Gasteiger partial charge in [0.1, 0.15) is 24.4 Å². The van der Waals surface area contributed by atoms with Crippen LogP contribution in [0.15, 0.2) is 11.1 Å². The van der Waals surface area contributed by atoms with Crippen molar-refractivity contribution >= 4 is 5.78 Å². The highest BCUT2D eigenvalue weighted by molar-refractivity contribution is 5.96. The van der Waals surface area contributed by atoms with Gasteiger partial charge in [-0.25, -0.2) is 0 Å². The third kappa shape index (κ3) is 4.52. The number of hydrogen-bond acceptors (Lipinski definition) is 7. The van der Waals surface area contributed by atoms with Gasteiger partial charge in [0.25, 0.3) is 0 Å². The first-order valence-corrected chi connectivity index (χ1v) is 9.28. The molecule has 1 unspecified atom stereocenters. The molecule has 6 atom stereocenters. The number of allylic oxidation sites excluding steroid dienone is 2. The Morgan fingerprint density at radius 3 is 2.50 bits per heavy atom. The lowest BCUT2D eigenvalue weighted by Crippen LogP contribution is -2.59. The maximum Gasteiger partial charge on any atom is 0.186 e. The molecule has 1 heterocycles. The summed E-state index contributed by atoms with van der Waals surface area (Å²) in [6, 6.07) is 0. The van der Waals surface area contributed by atoms with Crippen molar-refractivity contribution in [2.45, 2.75) is 90.2 Å². The van der Waals surface area contributed by atoms with E-state index in [2.05, 4.69) is 13.8 Å². The second-order valence-electron chi connectivity index (χ2n) is 8.09. The van der Waals surface area contributed by atoms with Crippen molar-refractivity contribution in [3.8, 4) is 0 Å². The van der Waals surface area contributed by atoms with E-state index >= 15 is 0 Å². The highest BCUT2D eigenvalue weighted by Crippen LogP contribution is 2.41. The molecule has 7 nitrogen and oxygen atoms in total. The zero-order valence-corrected chi connectivity index (χ0v) is 16.0. The van der Waals surface area contributed by atoms with Crippen LogP contribution < -0.4 is 0 Å². The fourth-order valence-corrected chi connectivity index (χ4v) is 3.79. The van der Waals surface area contributed by atoms with Crippen molar-refractivity contribution in [2.24, 2.45) is 5.41 Å². The van der Waals surface area contributed by atoms with Crippen LogP contribution in [0.2, 0.25) is 0 Å². The van der Waals surface area contributed by atoms with E-state index < -0.39 is 37.3 Å². The van der Waals surface area contributed by atoms with Crippen molar-refractivity contribution in [2.75, 3.05) is 6.61 Å². The van der Waals surface area contributed by atoms with E-state index in [1.54, 1.807) is 0 Å². The predicted octanol–water partition coefficient (Wildman–Crippen LogP) is 0.677. The van der Waals surface area contributed by atoms with E-state index in [0.717, 1.165) is 17.6 Å². The minimum atomic E-state index is -1.45. The maximum absolute atomic E-state index is 12.0. The summed E-state index contributed by atoms with van der Waals surface area (Å²) >= 11 is 0. The average molecular weight is 372 g/mol. The molecule has 4 N–H and O–H groups in total. The van der Waals surface area contributed by atoms with Crippen molar-refractivity contribution in [1.82, 2.24) is 0 Å². The molecule has 0 bridgehead atoms. The van der Waals surface area contributed by atoms with Gasteiger partial charge in [-0.3, -0.25) is 4.79 Å². The second-order valence-corrected chi connectivity index (χ2v) is 8.09. The van der Waals surface area contributed by atoms with E-state index in [1.807, 2.05) is 13.8 Å². The number of ketones is 1. The minimum Gasteiger partial charge on any atom is -0.394 e. The molecule has 2 rings (SSSR count). The molecule has 2 aliphatic rings. The van der Waals surface area contributed by atoms with Crippen LogP contribution in [0.1, 0.15) is 53.4 Å². The molecular formula is C19H32O7. The molecular weight excluding hydrogens is 340 g/mol. The van der Waals surface area contributed by atoms with Crippen LogP contribution in [-0.4, -0.2) is 69.6 Å². The third-order valence-electron chi connectivity index (χ3n) is 5.68. The summed E-state index contributed by atoms with van der Waals surface area (Å²) in [6.07, 6.45) is -3.91. The molecule has 0 radical (unpaired) electrons. The Balaban J connectivity index is 1.97. The number of aliphatic hydroxyl groups is 4. The summed E-state index contributed by atoms with van der Waals surface area (Å²) in [5.41, 5.74) is 1.94. The van der Waals surface area contributed by atoms with Crippen LogP contribution in [0.4, 0.5) is 0 Å². The van der Waals surface area contributed by atoms with Gasteiger partial charge in [0.05, 0.1) is 12.7 Å². The van der Waals surface area contributed by atoms with E-state index in [4.69, 9.17) is 9.47 Å². The molecule has 1 aliphatic carbocycles. The molecule has 1 fully saturated rings. The van der Waals surface area contributed by atoms with Gasteiger partial charge in [-0.1, -0.05) is 19.4 Å². The quantitative estimate of drug-likeness (QED) is 0.542. The van der Waals surface area contributed by atoms with Crippen LogP contribution in [0.5, 0.6) is 0 Å². The Kier molecular flexibility index (Phi) is 6.98. The molecule has 1 aliphatic heterocycles. The highest BCUT2D eigenvalue weighted by atomic mass is 16.7. The van der Waals surface area contributed by atoms with Gasteiger partial charge in [-0.15, -0.1) is 0 Å². The molecule has 0 spiro atoms. The van der Waals surface area contributed by atoms with E-state index in [1.165, 1.54) is 0 Å². The van der Waals surface area contributed by atoms with Gasteiger partial charge in [-0.05, 0) is 44.1 Å². The molecule has 0 aromatic rings. The average Bonchev–Trinajstić information content (AvgIpc) is 2.58. The van der Waals surface area contributed by atoms with Crippen molar-refractivity contribution in [1.29, 1.82) is 0 Å². The number of carbonyl (C=O) groups excluding carboxylic acids is 1. The van der Waals surface area contributed by atoms with Crippen LogP contribution >= 0.6 is 0 Å². The Morgan fingerprint density at radius 2 is 1.88 bits per heavy atom. The normalized spacial score (nSPS) is 36.3. The number of ether oxygens (including phenoxy) is 2. The van der Waals surface area contributed by atoms with Crippen LogP contribution in [0.3, 0.4) is 0 Å². The summed E-state index contributed by atoms with van der Waals surface area (Å²) in [7, 11) is 0. The number of hydrogen-bond donors (Lipinski definition) is 4. The Hall–Kier alpha value is -0.830. The van der Waals surface area contributed by atoms with Crippen molar-refractivity contribution in [3.63, 3.8) is 0 Å². The minimum absolute atomic E-state index is 0.0269. The van der Waals surface area contributed by atoms with Gasteiger partial charge in [0.15, 0.2) is 12.1 Å².